The van der Waals surface area contributed by atoms with Crippen LogP contribution in [0.3, 0.4) is 0 Å². The normalized spacial score (nSPS) is 14.1. The molecule has 0 aliphatic heterocycles. The van der Waals surface area contributed by atoms with Gasteiger partial charge in [-0.1, -0.05) is 238 Å². The van der Waals surface area contributed by atoms with E-state index < -0.39 is 36.9 Å². The van der Waals surface area contributed by atoms with Crippen LogP contribution in [0.25, 0.3) is 0 Å². The van der Waals surface area contributed by atoms with Crippen LogP contribution < -0.4 is 5.32 Å². The summed E-state index contributed by atoms with van der Waals surface area (Å²) in [6.45, 7) is 4.06. The van der Waals surface area contributed by atoms with Crippen molar-refractivity contribution in [2.24, 2.45) is 0 Å². The molecule has 0 spiro atoms. The number of carbonyl (C=O) groups excluding carboxylic acids is 1. The highest BCUT2D eigenvalue weighted by Gasteiger charge is 2.28. The second-order valence-electron chi connectivity index (χ2n) is 17.2. The van der Waals surface area contributed by atoms with Gasteiger partial charge in [0.1, 0.15) is 12.2 Å². The SMILES string of the molecule is CCCCCCCCCCCCCC/C=C\CCCCCCCCCCCCCC(O)C(=O)NC(CO)C(O)C(O)CCCCCCCCCCCCCC. The average Bonchev–Trinajstić information content (AvgIpc) is 3.19. The summed E-state index contributed by atoms with van der Waals surface area (Å²) in [6.07, 6.45) is 49.8. The number of allylic oxidation sites excluding steroid dienone is 2. The third-order valence-electron chi connectivity index (χ3n) is 11.7. The van der Waals surface area contributed by atoms with Crippen molar-refractivity contribution in [3.05, 3.63) is 12.2 Å². The zero-order valence-corrected chi connectivity index (χ0v) is 36.9. The Morgan fingerprint density at radius 1 is 0.436 bits per heavy atom. The maximum atomic E-state index is 12.5. The fourth-order valence-corrected chi connectivity index (χ4v) is 7.81. The molecule has 328 valence electrons. The zero-order chi connectivity index (χ0) is 40.3. The van der Waals surface area contributed by atoms with Crippen molar-refractivity contribution in [2.75, 3.05) is 6.61 Å². The van der Waals surface area contributed by atoms with Gasteiger partial charge in [-0.2, -0.15) is 0 Å². The van der Waals surface area contributed by atoms with E-state index in [1.54, 1.807) is 0 Å². The summed E-state index contributed by atoms with van der Waals surface area (Å²) in [5.74, 6) is -0.582. The lowest BCUT2D eigenvalue weighted by atomic mass is 9.99. The predicted molar refractivity (Wildman–Crippen MR) is 238 cm³/mol. The van der Waals surface area contributed by atoms with Gasteiger partial charge in [0, 0.05) is 0 Å². The Morgan fingerprint density at radius 3 is 1.05 bits per heavy atom. The second-order valence-corrected chi connectivity index (χ2v) is 17.2. The number of nitrogens with one attached hydrogen (secondary N) is 1. The Balaban J connectivity index is 3.61. The molecule has 0 rings (SSSR count). The average molecular weight is 780 g/mol. The van der Waals surface area contributed by atoms with Crippen molar-refractivity contribution in [3.63, 3.8) is 0 Å². The number of carbonyl (C=O) groups is 1. The number of unbranched alkanes of at least 4 members (excludes halogenated alkanes) is 34. The Kier molecular flexibility index (Phi) is 43.4. The molecule has 0 heterocycles. The summed E-state index contributed by atoms with van der Waals surface area (Å²) in [4.78, 5) is 12.5. The van der Waals surface area contributed by atoms with Gasteiger partial charge in [0.15, 0.2) is 0 Å². The summed E-state index contributed by atoms with van der Waals surface area (Å²) in [5.41, 5.74) is 0. The number of amides is 1. The number of hydrogen-bond donors (Lipinski definition) is 5. The highest BCUT2D eigenvalue weighted by atomic mass is 16.3. The Labute approximate surface area is 342 Å². The largest absolute Gasteiger partial charge is 0.394 e. The topological polar surface area (TPSA) is 110 Å². The fourth-order valence-electron chi connectivity index (χ4n) is 7.81. The van der Waals surface area contributed by atoms with Crippen molar-refractivity contribution in [2.45, 2.75) is 289 Å². The molecule has 0 bridgehead atoms. The first-order valence-electron chi connectivity index (χ1n) is 24.6. The first-order chi connectivity index (χ1) is 27.0. The fraction of sp³-hybridized carbons (Fsp3) is 0.939. The van der Waals surface area contributed by atoms with E-state index in [2.05, 4.69) is 31.3 Å². The van der Waals surface area contributed by atoms with Crippen molar-refractivity contribution in [1.29, 1.82) is 0 Å². The van der Waals surface area contributed by atoms with E-state index in [1.807, 2.05) is 0 Å². The van der Waals surface area contributed by atoms with Crippen LogP contribution in [-0.2, 0) is 4.79 Å². The minimum absolute atomic E-state index is 0.371. The highest BCUT2D eigenvalue weighted by Crippen LogP contribution is 2.17. The maximum Gasteiger partial charge on any atom is 0.249 e. The van der Waals surface area contributed by atoms with Gasteiger partial charge < -0.3 is 25.7 Å². The van der Waals surface area contributed by atoms with E-state index in [1.165, 1.54) is 199 Å². The lowest BCUT2D eigenvalue weighted by molar-refractivity contribution is -0.132. The van der Waals surface area contributed by atoms with Crippen LogP contribution in [0, 0.1) is 0 Å². The van der Waals surface area contributed by atoms with Gasteiger partial charge in [-0.3, -0.25) is 4.79 Å². The van der Waals surface area contributed by atoms with E-state index in [-0.39, 0.29) is 0 Å². The quantitative estimate of drug-likeness (QED) is 0.0312. The van der Waals surface area contributed by atoms with Gasteiger partial charge >= 0.3 is 0 Å². The first-order valence-corrected chi connectivity index (χ1v) is 24.6. The second kappa shape index (κ2) is 44.2. The number of rotatable bonds is 45. The Hall–Kier alpha value is -0.950. The third kappa shape index (κ3) is 38.3. The van der Waals surface area contributed by atoms with Crippen LogP contribution in [-0.4, -0.2) is 57.3 Å². The van der Waals surface area contributed by atoms with Gasteiger partial charge in [-0.15, -0.1) is 0 Å². The lowest BCUT2D eigenvalue weighted by Crippen LogP contribution is -2.53. The molecule has 0 aromatic heterocycles. The molecule has 4 unspecified atom stereocenters. The highest BCUT2D eigenvalue weighted by molar-refractivity contribution is 5.80. The molecule has 6 nitrogen and oxygen atoms in total. The minimum atomic E-state index is -1.25. The Bertz CT molecular complexity index is 791. The standard InChI is InChI=1S/C49H97NO5/c1-3-5-7-9-11-13-15-17-18-19-20-21-22-23-24-25-26-27-28-29-30-31-33-35-37-39-41-43-47(53)49(55)50-45(44-51)48(54)46(52)42-40-38-36-34-32-16-14-12-10-8-6-4-2/h23-24,45-48,51-54H,3-22,25-44H2,1-2H3,(H,50,55)/b24-23-. The van der Waals surface area contributed by atoms with E-state index in [4.69, 9.17) is 0 Å². The molecule has 0 saturated carbocycles. The molecule has 1 amide bonds. The van der Waals surface area contributed by atoms with E-state index in [0.29, 0.717) is 12.8 Å². The van der Waals surface area contributed by atoms with Gasteiger partial charge in [0.2, 0.25) is 5.91 Å². The summed E-state index contributed by atoms with van der Waals surface area (Å²) in [7, 11) is 0. The molecule has 0 fully saturated rings. The van der Waals surface area contributed by atoms with E-state index in [0.717, 1.165) is 38.5 Å². The molecule has 55 heavy (non-hydrogen) atoms. The van der Waals surface area contributed by atoms with E-state index >= 15 is 0 Å². The predicted octanol–water partition coefficient (Wildman–Crippen LogP) is 13.4. The molecule has 0 saturated heterocycles. The summed E-state index contributed by atoms with van der Waals surface area (Å²) >= 11 is 0. The Morgan fingerprint density at radius 2 is 0.727 bits per heavy atom. The van der Waals surface area contributed by atoms with Crippen molar-refractivity contribution >= 4 is 5.91 Å². The van der Waals surface area contributed by atoms with Crippen LogP contribution in [0.4, 0.5) is 0 Å². The van der Waals surface area contributed by atoms with Crippen LogP contribution >= 0.6 is 0 Å². The van der Waals surface area contributed by atoms with Crippen LogP contribution in [0.1, 0.15) is 264 Å². The molecular formula is C49H97NO5. The zero-order valence-electron chi connectivity index (χ0n) is 36.9. The number of aliphatic hydroxyl groups excluding tert-OH is 4. The molecule has 0 radical (unpaired) electrons. The molecule has 0 aromatic rings. The van der Waals surface area contributed by atoms with Crippen LogP contribution in [0.2, 0.25) is 0 Å². The lowest BCUT2D eigenvalue weighted by Gasteiger charge is -2.27. The van der Waals surface area contributed by atoms with Gasteiger partial charge in [0.05, 0.1) is 18.8 Å². The van der Waals surface area contributed by atoms with Crippen molar-refractivity contribution in [1.82, 2.24) is 5.32 Å². The van der Waals surface area contributed by atoms with Crippen LogP contribution in [0.15, 0.2) is 12.2 Å². The van der Waals surface area contributed by atoms with Gasteiger partial charge in [-0.25, -0.2) is 0 Å². The van der Waals surface area contributed by atoms with E-state index in [9.17, 15) is 25.2 Å². The van der Waals surface area contributed by atoms with Crippen molar-refractivity contribution in [3.8, 4) is 0 Å². The van der Waals surface area contributed by atoms with Gasteiger partial charge in [0.25, 0.3) is 0 Å². The monoisotopic (exact) mass is 780 g/mol. The third-order valence-corrected chi connectivity index (χ3v) is 11.7. The molecule has 0 aliphatic carbocycles. The van der Waals surface area contributed by atoms with Crippen LogP contribution in [0.5, 0.6) is 0 Å². The molecule has 5 N–H and O–H groups in total. The number of hydrogen-bond acceptors (Lipinski definition) is 5. The molecular weight excluding hydrogens is 683 g/mol. The first kappa shape index (κ1) is 54.0. The summed E-state index contributed by atoms with van der Waals surface area (Å²) < 4.78 is 0. The smallest absolute Gasteiger partial charge is 0.249 e. The molecule has 0 aliphatic rings. The number of aliphatic hydroxyl groups is 4. The maximum absolute atomic E-state index is 12.5. The summed E-state index contributed by atoms with van der Waals surface area (Å²) in [5, 5.41) is 43.7. The molecule has 4 atom stereocenters. The minimum Gasteiger partial charge on any atom is -0.394 e. The van der Waals surface area contributed by atoms with Crippen molar-refractivity contribution < 1.29 is 25.2 Å². The molecule has 6 heteroatoms. The summed E-state index contributed by atoms with van der Waals surface area (Å²) in [6, 6.07) is -0.981. The molecule has 0 aromatic carbocycles. The van der Waals surface area contributed by atoms with Gasteiger partial charge in [-0.05, 0) is 38.5 Å².